The van der Waals surface area contributed by atoms with Gasteiger partial charge < -0.3 is 4.57 Å². The summed E-state index contributed by atoms with van der Waals surface area (Å²) in [5, 5.41) is 9.29. The third kappa shape index (κ3) is 3.27. The zero-order valence-electron chi connectivity index (χ0n) is 15.2. The molecular formula is C18H22N4O3S2. The van der Waals surface area contributed by atoms with Crippen LogP contribution in [0.1, 0.15) is 54.3 Å². The first-order chi connectivity index (χ1) is 13.0. The van der Waals surface area contributed by atoms with E-state index < -0.39 is 15.9 Å². The van der Waals surface area contributed by atoms with Gasteiger partial charge in [0.05, 0.1) is 5.56 Å². The highest BCUT2D eigenvalue weighted by molar-refractivity contribution is 7.99. The predicted octanol–water partition coefficient (Wildman–Crippen LogP) is 3.03. The van der Waals surface area contributed by atoms with E-state index in [4.69, 9.17) is 0 Å². The van der Waals surface area contributed by atoms with Crippen LogP contribution in [-0.2, 0) is 10.0 Å². The van der Waals surface area contributed by atoms with Crippen LogP contribution in [0.3, 0.4) is 0 Å². The second-order valence-electron chi connectivity index (χ2n) is 6.92. The minimum absolute atomic E-state index is 0.0983. The number of sulfonamides is 1. The minimum Gasteiger partial charge on any atom is -0.303 e. The fraction of sp³-hybridized carbons (Fsp3) is 0.500. The summed E-state index contributed by atoms with van der Waals surface area (Å²) in [5.41, 5.74) is 0.253. The first-order valence-corrected chi connectivity index (χ1v) is 11.6. The summed E-state index contributed by atoms with van der Waals surface area (Å²) in [4.78, 5) is 12.6. The molecule has 0 N–H and O–H groups in total. The van der Waals surface area contributed by atoms with Crippen molar-refractivity contribution in [1.82, 2.24) is 19.1 Å². The SMILES string of the molecule is Cc1nnc(SCCN2C(=O)c3ccccc3S2(=O)=O)n1C1CCCCC1. The Bertz CT molecular complexity index is 965. The molecule has 0 unspecified atom stereocenters. The van der Waals surface area contributed by atoms with Gasteiger partial charge in [0.1, 0.15) is 10.7 Å². The van der Waals surface area contributed by atoms with Crippen molar-refractivity contribution < 1.29 is 13.2 Å². The third-order valence-corrected chi connectivity index (χ3v) is 7.98. The molecule has 0 saturated heterocycles. The topological polar surface area (TPSA) is 85.2 Å². The Morgan fingerprint density at radius 2 is 1.89 bits per heavy atom. The average molecular weight is 407 g/mol. The van der Waals surface area contributed by atoms with Gasteiger partial charge in [-0.2, -0.15) is 0 Å². The van der Waals surface area contributed by atoms with Gasteiger partial charge in [0.15, 0.2) is 5.16 Å². The first kappa shape index (κ1) is 18.5. The number of aryl methyl sites for hydroxylation is 1. The molecule has 0 radical (unpaired) electrons. The molecule has 0 spiro atoms. The highest BCUT2D eigenvalue weighted by Crippen LogP contribution is 2.33. The largest absolute Gasteiger partial charge is 0.303 e. The first-order valence-electron chi connectivity index (χ1n) is 9.20. The van der Waals surface area contributed by atoms with Gasteiger partial charge in [0.25, 0.3) is 15.9 Å². The number of nitrogens with zero attached hydrogens (tertiary/aromatic N) is 4. The lowest BCUT2D eigenvalue weighted by Crippen LogP contribution is -2.32. The molecule has 0 atom stereocenters. The van der Waals surface area contributed by atoms with Crippen LogP contribution in [0.25, 0.3) is 0 Å². The predicted molar refractivity (Wildman–Crippen MR) is 102 cm³/mol. The standard InChI is InChI=1S/C18H22N4O3S2/c1-13-19-20-18(22(13)14-7-3-2-4-8-14)26-12-11-21-17(23)15-9-5-6-10-16(15)27(21,24)25/h5-6,9-10,14H,2-4,7-8,11-12H2,1H3. The molecule has 27 heavy (non-hydrogen) atoms. The summed E-state index contributed by atoms with van der Waals surface area (Å²) in [6, 6.07) is 6.78. The van der Waals surface area contributed by atoms with E-state index in [1.54, 1.807) is 18.2 Å². The number of carbonyl (C=O) groups is 1. The number of carbonyl (C=O) groups excluding carboxylic acids is 1. The Kier molecular flexibility index (Phi) is 4.98. The number of fused-ring (bicyclic) bond motifs is 1. The molecular weight excluding hydrogens is 384 g/mol. The average Bonchev–Trinajstić information content (AvgIpc) is 3.13. The van der Waals surface area contributed by atoms with Crippen molar-refractivity contribution in [2.45, 2.75) is 55.1 Å². The van der Waals surface area contributed by atoms with Gasteiger partial charge in [-0.05, 0) is 31.9 Å². The van der Waals surface area contributed by atoms with E-state index in [9.17, 15) is 13.2 Å². The minimum atomic E-state index is -3.75. The van der Waals surface area contributed by atoms with Crippen molar-refractivity contribution >= 4 is 27.7 Å². The van der Waals surface area contributed by atoms with E-state index in [0.29, 0.717) is 11.8 Å². The molecule has 1 saturated carbocycles. The quantitative estimate of drug-likeness (QED) is 0.710. The Morgan fingerprint density at radius 1 is 1.15 bits per heavy atom. The van der Waals surface area contributed by atoms with Crippen molar-refractivity contribution in [3.63, 3.8) is 0 Å². The fourth-order valence-electron chi connectivity index (χ4n) is 3.88. The van der Waals surface area contributed by atoms with E-state index in [1.165, 1.54) is 37.1 Å². The van der Waals surface area contributed by atoms with Gasteiger partial charge in [-0.3, -0.25) is 4.79 Å². The third-order valence-electron chi connectivity index (χ3n) is 5.21. The molecule has 9 heteroatoms. The fourth-order valence-corrected chi connectivity index (χ4v) is 6.54. The monoisotopic (exact) mass is 406 g/mol. The Labute approximate surface area is 163 Å². The maximum atomic E-state index is 12.6. The highest BCUT2D eigenvalue weighted by Gasteiger charge is 2.40. The van der Waals surface area contributed by atoms with E-state index in [1.807, 2.05) is 6.92 Å². The van der Waals surface area contributed by atoms with Crippen LogP contribution in [-0.4, -0.2) is 45.7 Å². The van der Waals surface area contributed by atoms with Crippen LogP contribution in [0.2, 0.25) is 0 Å². The van der Waals surface area contributed by atoms with Gasteiger partial charge in [-0.15, -0.1) is 10.2 Å². The lowest BCUT2D eigenvalue weighted by molar-refractivity contribution is 0.0876. The molecule has 2 aliphatic rings. The molecule has 0 bridgehead atoms. The lowest BCUT2D eigenvalue weighted by Gasteiger charge is -2.25. The van der Waals surface area contributed by atoms with Crippen molar-refractivity contribution in [2.24, 2.45) is 0 Å². The van der Waals surface area contributed by atoms with E-state index >= 15 is 0 Å². The normalized spacial score (nSPS) is 19.4. The van der Waals surface area contributed by atoms with Crippen molar-refractivity contribution in [3.05, 3.63) is 35.7 Å². The number of rotatable bonds is 5. The molecule has 1 amide bonds. The molecule has 1 aliphatic heterocycles. The molecule has 1 aromatic carbocycles. The van der Waals surface area contributed by atoms with Gasteiger partial charge in [0.2, 0.25) is 0 Å². The van der Waals surface area contributed by atoms with Crippen molar-refractivity contribution in [2.75, 3.05) is 12.3 Å². The summed E-state index contributed by atoms with van der Waals surface area (Å²) >= 11 is 1.46. The lowest BCUT2D eigenvalue weighted by atomic mass is 9.95. The molecule has 4 rings (SSSR count). The molecule has 2 aromatic rings. The summed E-state index contributed by atoms with van der Waals surface area (Å²) < 4.78 is 28.4. The zero-order valence-corrected chi connectivity index (χ0v) is 16.8. The van der Waals surface area contributed by atoms with E-state index in [-0.39, 0.29) is 17.0 Å². The number of hydrogen-bond acceptors (Lipinski definition) is 6. The maximum absolute atomic E-state index is 12.6. The maximum Gasteiger partial charge on any atom is 0.269 e. The number of thioether (sulfide) groups is 1. The molecule has 7 nitrogen and oxygen atoms in total. The van der Waals surface area contributed by atoms with Crippen LogP contribution in [0.4, 0.5) is 0 Å². The molecule has 144 valence electrons. The zero-order chi connectivity index (χ0) is 19.0. The van der Waals surface area contributed by atoms with Crippen LogP contribution in [0.5, 0.6) is 0 Å². The smallest absolute Gasteiger partial charge is 0.269 e. The summed E-state index contributed by atoms with van der Waals surface area (Å²) in [5.74, 6) is 0.891. The van der Waals surface area contributed by atoms with Crippen molar-refractivity contribution in [1.29, 1.82) is 0 Å². The second kappa shape index (κ2) is 7.27. The second-order valence-corrected chi connectivity index (χ2v) is 9.81. The highest BCUT2D eigenvalue weighted by atomic mass is 32.2. The van der Waals surface area contributed by atoms with Crippen LogP contribution >= 0.6 is 11.8 Å². The summed E-state index contributed by atoms with van der Waals surface area (Å²) in [6.45, 7) is 2.08. The molecule has 1 aromatic heterocycles. The number of hydrogen-bond donors (Lipinski definition) is 0. The number of aromatic nitrogens is 3. The van der Waals surface area contributed by atoms with Crippen LogP contribution in [0.15, 0.2) is 34.3 Å². The molecule has 1 fully saturated rings. The van der Waals surface area contributed by atoms with Gasteiger partial charge in [-0.1, -0.05) is 43.2 Å². The Morgan fingerprint density at radius 3 is 2.63 bits per heavy atom. The molecule has 2 heterocycles. The van der Waals surface area contributed by atoms with Crippen LogP contribution in [0, 0.1) is 6.92 Å². The number of amides is 1. The van der Waals surface area contributed by atoms with E-state index in [2.05, 4.69) is 14.8 Å². The van der Waals surface area contributed by atoms with E-state index in [0.717, 1.165) is 28.1 Å². The summed E-state index contributed by atoms with van der Waals surface area (Å²) in [7, 11) is -3.75. The van der Waals surface area contributed by atoms with Gasteiger partial charge in [-0.25, -0.2) is 12.7 Å². The summed E-state index contributed by atoms with van der Waals surface area (Å²) in [6.07, 6.45) is 5.95. The molecule has 1 aliphatic carbocycles. The van der Waals surface area contributed by atoms with Crippen molar-refractivity contribution in [3.8, 4) is 0 Å². The Hall–Kier alpha value is -1.87. The van der Waals surface area contributed by atoms with Crippen LogP contribution < -0.4 is 0 Å². The van der Waals surface area contributed by atoms with Gasteiger partial charge >= 0.3 is 0 Å². The number of benzene rings is 1. The van der Waals surface area contributed by atoms with Gasteiger partial charge in [0, 0.05) is 18.3 Å². The Balaban J connectivity index is 1.46.